The molecule has 1 heterocycles. The molecule has 5 heteroatoms. The number of nitrogens with zero attached hydrogens (tertiary/aromatic N) is 3. The summed E-state index contributed by atoms with van der Waals surface area (Å²) in [5.41, 5.74) is 4.36. The molecule has 0 amide bonds. The van der Waals surface area contributed by atoms with Crippen LogP contribution in [0.2, 0.25) is 0 Å². The molecule has 0 radical (unpaired) electrons. The van der Waals surface area contributed by atoms with Gasteiger partial charge in [0.15, 0.2) is 0 Å². The van der Waals surface area contributed by atoms with E-state index in [4.69, 9.17) is 4.98 Å². The van der Waals surface area contributed by atoms with Gasteiger partial charge in [-0.15, -0.1) is 0 Å². The Morgan fingerprint density at radius 1 is 0.795 bits per heavy atom. The van der Waals surface area contributed by atoms with Gasteiger partial charge in [-0.05, 0) is 37.3 Å². The fraction of sp³-hybridized carbons (Fsp3) is 0.382. The first-order chi connectivity index (χ1) is 19.1. The number of halogens is 2. The van der Waals surface area contributed by atoms with E-state index in [1.165, 1.54) is 50.3 Å². The van der Waals surface area contributed by atoms with Crippen LogP contribution in [0.4, 0.5) is 8.78 Å². The van der Waals surface area contributed by atoms with E-state index in [0.717, 1.165) is 54.3 Å². The monoisotopic (exact) mass is 527 g/mol. The Bertz CT molecular complexity index is 1310. The topological polar surface area (TPSA) is 21.1 Å². The number of hydrogen-bond acceptors (Lipinski definition) is 2. The lowest BCUT2D eigenvalue weighted by molar-refractivity contribution is 0.179. The summed E-state index contributed by atoms with van der Waals surface area (Å²) in [6, 6.07) is 24.8. The van der Waals surface area contributed by atoms with Crippen LogP contribution in [0.3, 0.4) is 0 Å². The van der Waals surface area contributed by atoms with Crippen LogP contribution in [-0.2, 0) is 19.6 Å². The number of unbranched alkanes of at least 4 members (excludes halogenated alkanes) is 1. The van der Waals surface area contributed by atoms with Crippen molar-refractivity contribution < 1.29 is 8.78 Å². The normalized spacial score (nSPS) is 14.3. The lowest BCUT2D eigenvalue weighted by Gasteiger charge is -2.30. The highest BCUT2D eigenvalue weighted by atomic mass is 19.1. The minimum absolute atomic E-state index is 0.150. The first-order valence-corrected chi connectivity index (χ1v) is 14.5. The van der Waals surface area contributed by atoms with Crippen molar-refractivity contribution in [2.45, 2.75) is 71.5 Å². The lowest BCUT2D eigenvalue weighted by atomic mass is 9.88. The van der Waals surface area contributed by atoms with E-state index in [1.54, 1.807) is 0 Å². The van der Waals surface area contributed by atoms with Gasteiger partial charge in [-0.2, -0.15) is 0 Å². The van der Waals surface area contributed by atoms with Crippen molar-refractivity contribution in [1.29, 1.82) is 0 Å². The summed E-state index contributed by atoms with van der Waals surface area (Å²) >= 11 is 0. The zero-order chi connectivity index (χ0) is 27.0. The number of rotatable bonds is 11. The second kappa shape index (κ2) is 13.2. The van der Waals surface area contributed by atoms with Gasteiger partial charge in [-0.25, -0.2) is 13.8 Å². The SMILES string of the molecule is CCCCn1c(-c2ccccc2)nc(-c2ccccc2)c1CN(Cc1c(F)cccc1F)CC1CCCCC1. The van der Waals surface area contributed by atoms with Crippen molar-refractivity contribution in [3.8, 4) is 22.6 Å². The molecule has 3 nitrogen and oxygen atoms in total. The maximum atomic E-state index is 14.9. The lowest BCUT2D eigenvalue weighted by Crippen LogP contribution is -2.31. The van der Waals surface area contributed by atoms with Crippen LogP contribution in [0.1, 0.15) is 63.1 Å². The summed E-state index contributed by atoms with van der Waals surface area (Å²) in [7, 11) is 0. The third-order valence-electron chi connectivity index (χ3n) is 7.94. The predicted molar refractivity (Wildman–Crippen MR) is 155 cm³/mol. The number of benzene rings is 3. The maximum absolute atomic E-state index is 14.9. The van der Waals surface area contributed by atoms with Gasteiger partial charge in [0.25, 0.3) is 0 Å². The maximum Gasteiger partial charge on any atom is 0.140 e. The summed E-state index contributed by atoms with van der Waals surface area (Å²) in [4.78, 5) is 7.50. The van der Waals surface area contributed by atoms with Crippen LogP contribution in [0, 0.1) is 17.6 Å². The summed E-state index contributed by atoms with van der Waals surface area (Å²) in [6.45, 7) is 4.69. The summed E-state index contributed by atoms with van der Waals surface area (Å²) in [5, 5.41) is 0. The van der Waals surface area contributed by atoms with Crippen molar-refractivity contribution in [2.24, 2.45) is 5.92 Å². The van der Waals surface area contributed by atoms with Crippen LogP contribution in [0.25, 0.3) is 22.6 Å². The average molecular weight is 528 g/mol. The van der Waals surface area contributed by atoms with E-state index >= 15 is 0 Å². The van der Waals surface area contributed by atoms with Gasteiger partial charge in [0.2, 0.25) is 0 Å². The van der Waals surface area contributed by atoms with E-state index in [0.29, 0.717) is 12.5 Å². The van der Waals surface area contributed by atoms with E-state index in [-0.39, 0.29) is 12.1 Å². The zero-order valence-corrected chi connectivity index (χ0v) is 23.0. The first kappa shape index (κ1) is 27.3. The molecule has 0 saturated heterocycles. The highest BCUT2D eigenvalue weighted by molar-refractivity contribution is 5.68. The van der Waals surface area contributed by atoms with Crippen molar-refractivity contribution in [2.75, 3.05) is 6.54 Å². The summed E-state index contributed by atoms with van der Waals surface area (Å²) < 4.78 is 32.1. The minimum Gasteiger partial charge on any atom is -0.326 e. The molecule has 0 bridgehead atoms. The molecule has 1 fully saturated rings. The van der Waals surface area contributed by atoms with Crippen molar-refractivity contribution in [3.63, 3.8) is 0 Å². The van der Waals surface area contributed by atoms with Gasteiger partial charge in [-0.3, -0.25) is 4.90 Å². The van der Waals surface area contributed by atoms with Crippen LogP contribution in [0.5, 0.6) is 0 Å². The smallest absolute Gasteiger partial charge is 0.140 e. The Balaban J connectivity index is 1.59. The number of imidazole rings is 1. The van der Waals surface area contributed by atoms with Gasteiger partial charge >= 0.3 is 0 Å². The molecule has 1 aliphatic rings. The Kier molecular flexibility index (Phi) is 9.20. The Morgan fingerprint density at radius 3 is 2.08 bits per heavy atom. The second-order valence-electron chi connectivity index (χ2n) is 10.8. The fourth-order valence-corrected chi connectivity index (χ4v) is 5.88. The summed E-state index contributed by atoms with van der Waals surface area (Å²) in [5.74, 6) is 0.537. The third-order valence-corrected chi connectivity index (χ3v) is 7.94. The van der Waals surface area contributed by atoms with E-state index in [1.807, 2.05) is 36.4 Å². The average Bonchev–Trinajstić information content (AvgIpc) is 3.33. The van der Waals surface area contributed by atoms with Gasteiger partial charge in [0.05, 0.1) is 11.4 Å². The van der Waals surface area contributed by atoms with Crippen molar-refractivity contribution in [3.05, 3.63) is 102 Å². The molecule has 0 unspecified atom stereocenters. The highest BCUT2D eigenvalue weighted by Crippen LogP contribution is 2.33. The summed E-state index contributed by atoms with van der Waals surface area (Å²) in [6.07, 6.45) is 8.18. The molecule has 0 N–H and O–H groups in total. The van der Waals surface area contributed by atoms with Gasteiger partial charge in [0, 0.05) is 42.9 Å². The quantitative estimate of drug-likeness (QED) is 0.194. The first-order valence-electron chi connectivity index (χ1n) is 14.5. The molecule has 0 aliphatic heterocycles. The van der Waals surface area contributed by atoms with Crippen molar-refractivity contribution in [1.82, 2.24) is 14.5 Å². The van der Waals surface area contributed by atoms with Gasteiger partial charge < -0.3 is 4.57 Å². The molecule has 4 aromatic rings. The standard InChI is InChI=1S/C34H39F2N3/c1-2-3-22-39-32(33(27-16-9-5-10-17-27)37-34(39)28-18-11-6-12-19-28)25-38(23-26-14-7-4-8-15-26)24-29-30(35)20-13-21-31(29)36/h5-6,9-13,16-21,26H,2-4,7-8,14-15,22-25H2,1H3. The molecule has 1 aromatic heterocycles. The largest absolute Gasteiger partial charge is 0.326 e. The van der Waals surface area contributed by atoms with Crippen LogP contribution >= 0.6 is 0 Å². The Morgan fingerprint density at radius 2 is 1.44 bits per heavy atom. The zero-order valence-electron chi connectivity index (χ0n) is 23.0. The van der Waals surface area contributed by atoms with E-state index in [9.17, 15) is 8.78 Å². The Hall–Kier alpha value is -3.31. The highest BCUT2D eigenvalue weighted by Gasteiger charge is 2.25. The van der Waals surface area contributed by atoms with E-state index < -0.39 is 11.6 Å². The molecule has 0 atom stereocenters. The molecule has 3 aromatic carbocycles. The molecule has 39 heavy (non-hydrogen) atoms. The Labute approximate surface area is 231 Å². The number of aromatic nitrogens is 2. The van der Waals surface area contributed by atoms with E-state index in [2.05, 4.69) is 40.7 Å². The molecular formula is C34H39F2N3. The molecule has 0 spiro atoms. The molecule has 5 rings (SSSR count). The third kappa shape index (κ3) is 6.65. The minimum atomic E-state index is -0.476. The second-order valence-corrected chi connectivity index (χ2v) is 10.8. The van der Waals surface area contributed by atoms with Gasteiger partial charge in [-0.1, -0.05) is 99.3 Å². The number of hydrogen-bond donors (Lipinski definition) is 0. The van der Waals surface area contributed by atoms with Crippen LogP contribution in [-0.4, -0.2) is 21.0 Å². The fourth-order valence-electron chi connectivity index (χ4n) is 5.88. The predicted octanol–water partition coefficient (Wildman–Crippen LogP) is 8.88. The van der Waals surface area contributed by atoms with Crippen LogP contribution < -0.4 is 0 Å². The van der Waals surface area contributed by atoms with Crippen LogP contribution in [0.15, 0.2) is 78.9 Å². The van der Waals surface area contributed by atoms with Crippen molar-refractivity contribution >= 4 is 0 Å². The molecule has 204 valence electrons. The molecular weight excluding hydrogens is 488 g/mol. The molecule has 1 aliphatic carbocycles. The van der Waals surface area contributed by atoms with Gasteiger partial charge in [0.1, 0.15) is 17.5 Å². The molecule has 1 saturated carbocycles.